The van der Waals surface area contributed by atoms with Crippen molar-refractivity contribution in [3.63, 3.8) is 0 Å². The van der Waals surface area contributed by atoms with Crippen LogP contribution in [0, 0.1) is 164 Å². The Kier molecular flexibility index (Phi) is 22.4. The third kappa shape index (κ3) is 14.5. The minimum Gasteiger partial charge on any atom is -0.295 e. The molecule has 0 bridgehead atoms. The number of hydrogen-bond donors (Lipinski definition) is 0. The molecule has 2 aliphatic heterocycles. The van der Waals surface area contributed by atoms with Gasteiger partial charge in [-0.05, 0) is 284 Å². The molecule has 2 nitrogen and oxygen atoms in total. The van der Waals surface area contributed by atoms with Gasteiger partial charge in [0.2, 0.25) is 0 Å². The number of rotatable bonds is 10. The van der Waals surface area contributed by atoms with Gasteiger partial charge in [0.15, 0.2) is 6.71 Å². The van der Waals surface area contributed by atoms with Crippen LogP contribution in [-0.4, -0.2) is 52.8 Å². The summed E-state index contributed by atoms with van der Waals surface area (Å²) >= 11 is 0. The smallest absolute Gasteiger partial charge is 0.156 e. The molecule has 16 aliphatic carbocycles. The van der Waals surface area contributed by atoms with Crippen LogP contribution in [0.3, 0.4) is 0 Å². The third-order valence-corrected chi connectivity index (χ3v) is 40.6. The minimum atomic E-state index is 0.347. The molecule has 2 saturated heterocycles. The Morgan fingerprint density at radius 3 is 0.971 bits per heavy atom. The SMILES string of the molecule is CC(C)(C)C1CC2CCC3CC(C(C)(C)C)CC4C(C5CCC6C(C5)B5C7CCC(C8CCCCC8)CC7N(C7C(C8CCCCC8)CC(C8CCCCC8)CC7C7CCCCC7)C7CC(C(C)(C)C)CC(C57)N6C5C(C6CCCCC6)CC(C6CCCCC6)CC5C5CCCCC5)CC(C1)C2C34. The van der Waals surface area contributed by atoms with Crippen LogP contribution in [-0.2, 0) is 0 Å². The Bertz CT molecular complexity index is 2650. The summed E-state index contributed by atoms with van der Waals surface area (Å²) in [7, 11) is 0. The van der Waals surface area contributed by atoms with Crippen LogP contribution >= 0.6 is 0 Å². The van der Waals surface area contributed by atoms with Gasteiger partial charge in [0.25, 0.3) is 0 Å². The molecular formula is C100H169BN2. The molecule has 103 heavy (non-hydrogen) atoms. The van der Waals surface area contributed by atoms with Crippen molar-refractivity contribution in [3.8, 4) is 0 Å². The van der Waals surface area contributed by atoms with E-state index >= 15 is 0 Å². The topological polar surface area (TPSA) is 6.48 Å². The normalized spacial score (nSPS) is 47.6. The summed E-state index contributed by atoms with van der Waals surface area (Å²) in [6.45, 7) is 25.8. The van der Waals surface area contributed by atoms with Crippen molar-refractivity contribution in [2.24, 2.45) is 164 Å². The lowest BCUT2D eigenvalue weighted by Gasteiger charge is -2.73. The van der Waals surface area contributed by atoms with Gasteiger partial charge in [0.1, 0.15) is 0 Å². The highest BCUT2D eigenvalue weighted by molar-refractivity contribution is 6.65. The summed E-state index contributed by atoms with van der Waals surface area (Å²) in [6, 6.07) is 5.08. The first-order chi connectivity index (χ1) is 50.0. The summed E-state index contributed by atoms with van der Waals surface area (Å²) in [5.74, 6) is 27.6. The molecule has 23 atom stereocenters. The Labute approximate surface area is 639 Å². The average molecular weight is 1410 g/mol. The van der Waals surface area contributed by atoms with E-state index in [4.69, 9.17) is 0 Å². The Hall–Kier alpha value is -0.0151. The molecule has 0 radical (unpaired) electrons. The van der Waals surface area contributed by atoms with Crippen molar-refractivity contribution < 1.29 is 0 Å². The molecule has 3 heteroatoms. The fraction of sp³-hybridized carbons (Fsp3) is 1.00. The van der Waals surface area contributed by atoms with Crippen LogP contribution < -0.4 is 0 Å². The fourth-order valence-corrected chi connectivity index (χ4v) is 36.0. The van der Waals surface area contributed by atoms with Gasteiger partial charge in [0.05, 0.1) is 0 Å². The second kappa shape index (κ2) is 31.1. The van der Waals surface area contributed by atoms with Crippen molar-refractivity contribution in [2.75, 3.05) is 0 Å². The van der Waals surface area contributed by atoms with Gasteiger partial charge in [-0.25, -0.2) is 0 Å². The highest BCUT2D eigenvalue weighted by Gasteiger charge is 2.70. The van der Waals surface area contributed by atoms with Crippen molar-refractivity contribution >= 4 is 6.71 Å². The highest BCUT2D eigenvalue weighted by Crippen LogP contribution is 2.72. The first-order valence-corrected chi connectivity index (χ1v) is 49.5. The zero-order chi connectivity index (χ0) is 70.0. The van der Waals surface area contributed by atoms with Gasteiger partial charge in [-0.2, -0.15) is 0 Å². The van der Waals surface area contributed by atoms with Gasteiger partial charge in [-0.15, -0.1) is 0 Å². The van der Waals surface area contributed by atoms with E-state index in [0.717, 1.165) is 208 Å². The van der Waals surface area contributed by atoms with Crippen LogP contribution in [0.1, 0.15) is 409 Å². The maximum absolute atomic E-state index is 4.00. The van der Waals surface area contributed by atoms with Crippen molar-refractivity contribution in [3.05, 3.63) is 0 Å². The molecular weight excluding hydrogens is 1240 g/mol. The zero-order valence-electron chi connectivity index (χ0n) is 69.8. The molecule has 18 rings (SSSR count). The Balaban J connectivity index is 0.819. The van der Waals surface area contributed by atoms with Gasteiger partial charge in [-0.3, -0.25) is 9.80 Å². The summed E-state index contributed by atoms with van der Waals surface area (Å²) in [5.41, 5.74) is 1.23. The molecule has 16 saturated carbocycles. The van der Waals surface area contributed by atoms with Crippen LogP contribution in [0.15, 0.2) is 0 Å². The Morgan fingerprint density at radius 1 is 0.204 bits per heavy atom. The Morgan fingerprint density at radius 2 is 0.544 bits per heavy atom. The van der Waals surface area contributed by atoms with E-state index in [0.29, 0.717) is 16.2 Å². The molecule has 0 amide bonds. The lowest BCUT2D eigenvalue weighted by molar-refractivity contribution is -0.158. The second-order valence-corrected chi connectivity index (χ2v) is 47.9. The molecule has 0 N–H and O–H groups in total. The lowest BCUT2D eigenvalue weighted by atomic mass is 9.17. The zero-order valence-corrected chi connectivity index (χ0v) is 69.8. The van der Waals surface area contributed by atoms with Crippen LogP contribution in [0.25, 0.3) is 0 Å². The third-order valence-electron chi connectivity index (χ3n) is 40.6. The molecule has 18 aliphatic rings. The molecule has 0 spiro atoms. The predicted molar refractivity (Wildman–Crippen MR) is 438 cm³/mol. The van der Waals surface area contributed by atoms with Gasteiger partial charge < -0.3 is 0 Å². The van der Waals surface area contributed by atoms with Crippen molar-refractivity contribution in [2.45, 2.75) is 463 Å². The van der Waals surface area contributed by atoms with Crippen molar-refractivity contribution in [1.82, 2.24) is 9.80 Å². The van der Waals surface area contributed by atoms with Gasteiger partial charge in [-0.1, -0.05) is 306 Å². The van der Waals surface area contributed by atoms with E-state index in [1.807, 2.05) is 0 Å². The molecule has 18 fully saturated rings. The van der Waals surface area contributed by atoms with Crippen LogP contribution in [0.4, 0.5) is 0 Å². The average Bonchev–Trinajstić information content (AvgIpc) is 0.685. The van der Waals surface area contributed by atoms with E-state index in [9.17, 15) is 0 Å². The van der Waals surface area contributed by atoms with Crippen LogP contribution in [0.2, 0.25) is 17.5 Å². The summed E-state index contributed by atoms with van der Waals surface area (Å²) in [5, 5.41) is 0. The molecule has 0 aromatic heterocycles. The van der Waals surface area contributed by atoms with Gasteiger partial charge >= 0.3 is 0 Å². The number of hydrogen-bond acceptors (Lipinski definition) is 2. The molecule has 23 unspecified atom stereocenters. The van der Waals surface area contributed by atoms with Crippen LogP contribution in [0.5, 0.6) is 0 Å². The largest absolute Gasteiger partial charge is 0.295 e. The summed E-state index contributed by atoms with van der Waals surface area (Å²) in [6.07, 6.45) is 85.6. The fourth-order valence-electron chi connectivity index (χ4n) is 36.0. The molecule has 2 heterocycles. The number of fused-ring (bicyclic) bond motifs is 4. The van der Waals surface area contributed by atoms with E-state index < -0.39 is 0 Å². The maximum Gasteiger partial charge on any atom is 0.156 e. The monoisotopic (exact) mass is 1410 g/mol. The number of nitrogens with zero attached hydrogens (tertiary/aromatic N) is 2. The quantitative estimate of drug-likeness (QED) is 0.201. The second-order valence-electron chi connectivity index (χ2n) is 47.9. The van der Waals surface area contributed by atoms with E-state index in [2.05, 4.69) is 72.1 Å². The van der Waals surface area contributed by atoms with Crippen molar-refractivity contribution in [1.29, 1.82) is 0 Å². The first-order valence-electron chi connectivity index (χ1n) is 49.5. The highest BCUT2D eigenvalue weighted by atomic mass is 15.3. The lowest BCUT2D eigenvalue weighted by Crippen LogP contribution is -2.77. The summed E-state index contributed by atoms with van der Waals surface area (Å²) < 4.78 is 0. The molecule has 0 aromatic carbocycles. The first kappa shape index (κ1) is 74.4. The maximum atomic E-state index is 4.00. The van der Waals surface area contributed by atoms with Gasteiger partial charge in [0, 0.05) is 36.3 Å². The molecule has 582 valence electrons. The standard InChI is InChI=1S/C100H169BN2/c1-98(2,3)78-51-73-45-46-74-52-79(99(4,5)6)61-86-81(58-77(53-78)93(73)94(74)86)72-48-50-89-88(59-72)101-87-49-47-71(64-31-17-10-18-32-64)60-90(87)103(97-84(69-41-27-15-28-42-69)56-76(66-35-21-12-22-36-66)57-85(97)70-43-29-16-30-44-70)92-63-80(100(7,8)9)62-91(95(92)101)102(89)96-82(67-37-23-13-24-38-67)54-75(65-33-19-11-20-34-65)55-83(96)68-39-25-14-26-40-68/h64-97H,10-63H2,1-9H3. The van der Waals surface area contributed by atoms with E-state index in [-0.39, 0.29) is 0 Å². The predicted octanol–water partition coefficient (Wildman–Crippen LogP) is 28.3. The minimum absolute atomic E-state index is 0.347. The van der Waals surface area contributed by atoms with E-state index in [1.54, 1.807) is 302 Å². The van der Waals surface area contributed by atoms with E-state index in [1.165, 1.54) is 44.9 Å². The molecule has 0 aromatic rings. The summed E-state index contributed by atoms with van der Waals surface area (Å²) in [4.78, 5) is 8.00.